The lowest BCUT2D eigenvalue weighted by molar-refractivity contribution is -0.386. The summed E-state index contributed by atoms with van der Waals surface area (Å²) in [5.74, 6) is 0.802. The Bertz CT molecular complexity index is 603. The molecule has 0 saturated carbocycles. The molecule has 0 amide bonds. The third-order valence-electron chi connectivity index (χ3n) is 2.20. The fraction of sp³-hybridized carbons (Fsp3) is 0.0909. The predicted octanol–water partition coefficient (Wildman–Crippen LogP) is 2.84. The number of nitrogens with zero attached hydrogens (tertiary/aromatic N) is 3. The van der Waals surface area contributed by atoms with Gasteiger partial charge in [0.25, 0.3) is 0 Å². The predicted molar refractivity (Wildman–Crippen MR) is 66.8 cm³/mol. The molecule has 2 rings (SSSR count). The number of halogens is 1. The molecule has 0 aliphatic heterocycles. The first kappa shape index (κ1) is 13.0. The molecule has 0 aliphatic rings. The molecule has 0 radical (unpaired) electrons. The van der Waals surface area contributed by atoms with Gasteiger partial charge in [-0.25, -0.2) is 4.98 Å². The second-order valence-electron chi connectivity index (χ2n) is 3.35. The molecule has 0 unspecified atom stereocenters. The van der Waals surface area contributed by atoms with E-state index in [1.807, 2.05) is 0 Å². The molecule has 2 aromatic rings. The molecule has 0 N–H and O–H groups in total. The topological polar surface area (TPSA) is 87.4 Å². The average molecular weight is 282 g/mol. The molecule has 1 aromatic carbocycles. The zero-order valence-corrected chi connectivity index (χ0v) is 10.5. The first-order chi connectivity index (χ1) is 9.11. The van der Waals surface area contributed by atoms with Gasteiger partial charge in [0.15, 0.2) is 0 Å². The van der Waals surface area contributed by atoms with Crippen molar-refractivity contribution in [1.29, 1.82) is 0 Å². The molecular formula is C11H8ClN3O4. The molecule has 98 valence electrons. The van der Waals surface area contributed by atoms with Gasteiger partial charge in [-0.3, -0.25) is 10.1 Å². The summed E-state index contributed by atoms with van der Waals surface area (Å²) in [6.45, 7) is 0. The Hall–Kier alpha value is -2.41. The van der Waals surface area contributed by atoms with E-state index in [0.717, 1.165) is 6.33 Å². The van der Waals surface area contributed by atoms with E-state index in [1.54, 1.807) is 24.3 Å². The SMILES string of the molecule is COc1ccc(Oc2ncnc(Cl)c2[N+](=O)[O-])cc1. The Balaban J connectivity index is 2.32. The molecule has 19 heavy (non-hydrogen) atoms. The Morgan fingerprint density at radius 3 is 2.42 bits per heavy atom. The Morgan fingerprint density at radius 2 is 1.84 bits per heavy atom. The lowest BCUT2D eigenvalue weighted by atomic mass is 10.3. The van der Waals surface area contributed by atoms with Gasteiger partial charge in [0.05, 0.1) is 12.0 Å². The summed E-state index contributed by atoms with van der Waals surface area (Å²) >= 11 is 5.65. The van der Waals surface area contributed by atoms with Crippen LogP contribution in [0.3, 0.4) is 0 Å². The first-order valence-corrected chi connectivity index (χ1v) is 5.46. The molecule has 0 saturated heterocycles. The van der Waals surface area contributed by atoms with Crippen LogP contribution in [0.25, 0.3) is 0 Å². The van der Waals surface area contributed by atoms with Gasteiger partial charge in [-0.1, -0.05) is 11.6 Å². The molecule has 8 heteroatoms. The van der Waals surface area contributed by atoms with Crippen LogP contribution >= 0.6 is 11.6 Å². The second kappa shape index (κ2) is 5.49. The zero-order chi connectivity index (χ0) is 13.8. The van der Waals surface area contributed by atoms with Crippen molar-refractivity contribution in [2.75, 3.05) is 7.11 Å². The number of nitro groups is 1. The van der Waals surface area contributed by atoms with Crippen molar-refractivity contribution in [3.05, 3.63) is 45.9 Å². The van der Waals surface area contributed by atoms with Crippen LogP contribution in [0.5, 0.6) is 17.4 Å². The standard InChI is InChI=1S/C11H8ClN3O4/c1-18-7-2-4-8(5-3-7)19-11-9(15(16)17)10(12)13-6-14-11/h2-6H,1H3. The summed E-state index contributed by atoms with van der Waals surface area (Å²) in [6, 6.07) is 6.51. The van der Waals surface area contributed by atoms with Crippen molar-refractivity contribution in [1.82, 2.24) is 9.97 Å². The van der Waals surface area contributed by atoms with Crippen LogP contribution in [-0.2, 0) is 0 Å². The monoisotopic (exact) mass is 281 g/mol. The summed E-state index contributed by atoms with van der Waals surface area (Å²) in [6.07, 6.45) is 1.09. The summed E-state index contributed by atoms with van der Waals surface area (Å²) < 4.78 is 10.3. The minimum absolute atomic E-state index is 0.213. The van der Waals surface area contributed by atoms with E-state index in [2.05, 4.69) is 9.97 Å². The first-order valence-electron chi connectivity index (χ1n) is 5.08. The maximum Gasteiger partial charge on any atom is 0.368 e. The largest absolute Gasteiger partial charge is 0.497 e. The number of hydrogen-bond donors (Lipinski definition) is 0. The van der Waals surface area contributed by atoms with Crippen molar-refractivity contribution in [2.24, 2.45) is 0 Å². The van der Waals surface area contributed by atoms with Gasteiger partial charge < -0.3 is 9.47 Å². The number of benzene rings is 1. The molecule has 0 atom stereocenters. The molecule has 1 aromatic heterocycles. The fourth-order valence-electron chi connectivity index (χ4n) is 1.33. The van der Waals surface area contributed by atoms with Crippen LogP contribution in [0.4, 0.5) is 5.69 Å². The van der Waals surface area contributed by atoms with Crippen molar-refractivity contribution in [3.8, 4) is 17.4 Å². The van der Waals surface area contributed by atoms with Gasteiger partial charge in [0.1, 0.15) is 17.8 Å². The van der Waals surface area contributed by atoms with Crippen molar-refractivity contribution in [3.63, 3.8) is 0 Å². The number of ether oxygens (including phenoxy) is 2. The minimum Gasteiger partial charge on any atom is -0.497 e. The molecule has 0 aliphatic carbocycles. The van der Waals surface area contributed by atoms with Gasteiger partial charge in [0, 0.05) is 0 Å². The second-order valence-corrected chi connectivity index (χ2v) is 3.71. The third kappa shape index (κ3) is 2.89. The van der Waals surface area contributed by atoms with Crippen molar-refractivity contribution >= 4 is 17.3 Å². The van der Waals surface area contributed by atoms with Crippen molar-refractivity contribution < 1.29 is 14.4 Å². The maximum absolute atomic E-state index is 10.9. The summed E-state index contributed by atoms with van der Waals surface area (Å²) in [7, 11) is 1.53. The smallest absolute Gasteiger partial charge is 0.368 e. The molecule has 7 nitrogen and oxygen atoms in total. The van der Waals surface area contributed by atoms with Crippen LogP contribution in [0, 0.1) is 10.1 Å². The number of aromatic nitrogens is 2. The van der Waals surface area contributed by atoms with Crippen LogP contribution in [0.2, 0.25) is 5.15 Å². The van der Waals surface area contributed by atoms with Gasteiger partial charge >= 0.3 is 11.6 Å². The Labute approximate surface area is 112 Å². The molecule has 0 bridgehead atoms. The normalized spacial score (nSPS) is 10.0. The minimum atomic E-state index is -0.693. The van der Waals surface area contributed by atoms with E-state index in [4.69, 9.17) is 21.1 Å². The zero-order valence-electron chi connectivity index (χ0n) is 9.74. The number of hydrogen-bond acceptors (Lipinski definition) is 6. The van der Waals surface area contributed by atoms with Crippen LogP contribution in [-0.4, -0.2) is 22.0 Å². The quantitative estimate of drug-likeness (QED) is 0.486. The number of rotatable bonds is 4. The highest BCUT2D eigenvalue weighted by Crippen LogP contribution is 2.33. The van der Waals surface area contributed by atoms with E-state index in [9.17, 15) is 10.1 Å². The van der Waals surface area contributed by atoms with E-state index in [1.165, 1.54) is 7.11 Å². The van der Waals surface area contributed by atoms with Gasteiger partial charge in [-0.05, 0) is 24.3 Å². The fourth-order valence-corrected chi connectivity index (χ4v) is 1.52. The highest BCUT2D eigenvalue weighted by molar-refractivity contribution is 6.31. The van der Waals surface area contributed by atoms with Gasteiger partial charge in [0.2, 0.25) is 5.15 Å². The molecule has 1 heterocycles. The van der Waals surface area contributed by atoms with Crippen LogP contribution in [0.1, 0.15) is 0 Å². The van der Waals surface area contributed by atoms with Crippen LogP contribution in [0.15, 0.2) is 30.6 Å². The van der Waals surface area contributed by atoms with E-state index in [-0.39, 0.29) is 11.0 Å². The average Bonchev–Trinajstić information content (AvgIpc) is 2.39. The summed E-state index contributed by atoms with van der Waals surface area (Å²) in [5, 5.41) is 10.6. The number of methoxy groups -OCH3 is 1. The van der Waals surface area contributed by atoms with Crippen molar-refractivity contribution in [2.45, 2.75) is 0 Å². The molecule has 0 spiro atoms. The molecular weight excluding hydrogens is 274 g/mol. The lowest BCUT2D eigenvalue weighted by Crippen LogP contribution is -1.98. The highest BCUT2D eigenvalue weighted by atomic mass is 35.5. The lowest BCUT2D eigenvalue weighted by Gasteiger charge is -2.06. The summed E-state index contributed by atoms with van der Waals surface area (Å²) in [5.41, 5.74) is -0.472. The maximum atomic E-state index is 10.9. The Morgan fingerprint density at radius 1 is 1.21 bits per heavy atom. The molecule has 0 fully saturated rings. The van der Waals surface area contributed by atoms with E-state index >= 15 is 0 Å². The van der Waals surface area contributed by atoms with E-state index < -0.39 is 10.6 Å². The van der Waals surface area contributed by atoms with E-state index in [0.29, 0.717) is 11.5 Å². The van der Waals surface area contributed by atoms with Crippen LogP contribution < -0.4 is 9.47 Å². The third-order valence-corrected chi connectivity index (χ3v) is 2.48. The van der Waals surface area contributed by atoms with Gasteiger partial charge in [-0.15, -0.1) is 0 Å². The Kier molecular flexibility index (Phi) is 3.76. The van der Waals surface area contributed by atoms with Gasteiger partial charge in [-0.2, -0.15) is 4.98 Å². The summed E-state index contributed by atoms with van der Waals surface area (Å²) in [4.78, 5) is 17.4. The highest BCUT2D eigenvalue weighted by Gasteiger charge is 2.23.